The molecule has 0 radical (unpaired) electrons. The van der Waals surface area contributed by atoms with Crippen LogP contribution in [0.5, 0.6) is 0 Å². The van der Waals surface area contributed by atoms with Crippen molar-refractivity contribution in [3.05, 3.63) is 0 Å². The molecule has 17 heavy (non-hydrogen) atoms. The molecule has 0 aromatic rings. The second-order valence-electron chi connectivity index (χ2n) is 5.07. The third-order valence-corrected chi connectivity index (χ3v) is 3.86. The van der Waals surface area contributed by atoms with Gasteiger partial charge in [0.2, 0.25) is 5.91 Å². The Hall–Kier alpha value is -0.320. The van der Waals surface area contributed by atoms with E-state index in [2.05, 4.69) is 0 Å². The molecule has 2 aliphatic heterocycles. The first-order valence-electron chi connectivity index (χ1n) is 6.30. The molecule has 0 bridgehead atoms. The van der Waals surface area contributed by atoms with Crippen LogP contribution in [0.1, 0.15) is 26.2 Å². The van der Waals surface area contributed by atoms with E-state index in [1.165, 1.54) is 0 Å². The molecule has 0 spiro atoms. The van der Waals surface area contributed by atoms with Gasteiger partial charge in [-0.05, 0) is 38.0 Å². The first-order chi connectivity index (χ1) is 7.68. The molecule has 4 nitrogen and oxygen atoms in total. The molecule has 2 fully saturated rings. The molecular formula is C12H23ClN2O2. The van der Waals surface area contributed by atoms with E-state index in [0.29, 0.717) is 5.92 Å². The Morgan fingerprint density at radius 1 is 1.29 bits per heavy atom. The molecule has 100 valence electrons. The van der Waals surface area contributed by atoms with Gasteiger partial charge in [0, 0.05) is 26.3 Å². The van der Waals surface area contributed by atoms with Crippen LogP contribution in [0.25, 0.3) is 0 Å². The lowest BCUT2D eigenvalue weighted by Crippen LogP contribution is -2.41. The van der Waals surface area contributed by atoms with Crippen molar-refractivity contribution in [2.24, 2.45) is 17.6 Å². The first-order valence-corrected chi connectivity index (χ1v) is 6.30. The summed E-state index contributed by atoms with van der Waals surface area (Å²) in [6.45, 7) is 5.35. The molecular weight excluding hydrogens is 240 g/mol. The number of nitrogens with two attached hydrogens (primary N) is 1. The average molecular weight is 263 g/mol. The molecule has 2 rings (SSSR count). The Kier molecular flexibility index (Phi) is 5.70. The fourth-order valence-corrected chi connectivity index (χ4v) is 2.85. The molecule has 5 heteroatoms. The molecule has 0 aliphatic carbocycles. The third kappa shape index (κ3) is 3.57. The minimum atomic E-state index is -0.353. The number of hydrogen-bond donors (Lipinski definition) is 1. The zero-order valence-electron chi connectivity index (χ0n) is 10.4. The molecule has 1 unspecified atom stereocenters. The molecule has 1 amide bonds. The SMILES string of the molecule is C[C@@H](N)C(=O)N1CCC(C2CCOCC2)C1.Cl. The number of carbonyl (C=O) groups is 1. The molecule has 2 saturated heterocycles. The summed E-state index contributed by atoms with van der Waals surface area (Å²) in [5.74, 6) is 1.53. The topological polar surface area (TPSA) is 55.6 Å². The van der Waals surface area contributed by atoms with Gasteiger partial charge in [-0.25, -0.2) is 0 Å². The number of halogens is 1. The highest BCUT2D eigenvalue weighted by Gasteiger charge is 2.33. The van der Waals surface area contributed by atoms with Crippen molar-refractivity contribution < 1.29 is 9.53 Å². The molecule has 0 aromatic heterocycles. The average Bonchev–Trinajstić information content (AvgIpc) is 2.78. The van der Waals surface area contributed by atoms with Gasteiger partial charge in [0.15, 0.2) is 0 Å². The van der Waals surface area contributed by atoms with Crippen molar-refractivity contribution in [2.75, 3.05) is 26.3 Å². The smallest absolute Gasteiger partial charge is 0.239 e. The zero-order valence-corrected chi connectivity index (χ0v) is 11.2. The molecule has 0 aromatic carbocycles. The van der Waals surface area contributed by atoms with E-state index in [0.717, 1.165) is 51.5 Å². The third-order valence-electron chi connectivity index (χ3n) is 3.86. The van der Waals surface area contributed by atoms with Gasteiger partial charge >= 0.3 is 0 Å². The predicted octanol–water partition coefficient (Wildman–Crippen LogP) is 1.03. The van der Waals surface area contributed by atoms with E-state index < -0.39 is 0 Å². The highest BCUT2D eigenvalue weighted by Crippen LogP contribution is 2.31. The standard InChI is InChI=1S/C12H22N2O2.ClH/c1-9(13)12(15)14-5-2-11(8-14)10-3-6-16-7-4-10;/h9-11H,2-8,13H2,1H3;1H/t9-,11?;/m1./s1. The number of ether oxygens (including phenoxy) is 1. The molecule has 2 atom stereocenters. The lowest BCUT2D eigenvalue weighted by molar-refractivity contribution is -0.131. The van der Waals surface area contributed by atoms with E-state index in [4.69, 9.17) is 10.5 Å². The minimum Gasteiger partial charge on any atom is -0.381 e. The summed E-state index contributed by atoms with van der Waals surface area (Å²) in [6, 6.07) is -0.353. The van der Waals surface area contributed by atoms with Gasteiger partial charge in [-0.3, -0.25) is 4.79 Å². The number of rotatable bonds is 2. The Labute approximate surface area is 109 Å². The number of likely N-dealkylation sites (tertiary alicyclic amines) is 1. The van der Waals surface area contributed by atoms with Crippen LogP contribution in [-0.2, 0) is 9.53 Å². The van der Waals surface area contributed by atoms with Gasteiger partial charge in [0.25, 0.3) is 0 Å². The highest BCUT2D eigenvalue weighted by atomic mass is 35.5. The van der Waals surface area contributed by atoms with E-state index in [-0.39, 0.29) is 24.4 Å². The van der Waals surface area contributed by atoms with Crippen LogP contribution in [0, 0.1) is 11.8 Å². The van der Waals surface area contributed by atoms with Crippen LogP contribution in [-0.4, -0.2) is 43.2 Å². The lowest BCUT2D eigenvalue weighted by Gasteiger charge is -2.27. The van der Waals surface area contributed by atoms with Gasteiger partial charge in [-0.2, -0.15) is 0 Å². The van der Waals surface area contributed by atoms with Crippen molar-refractivity contribution in [3.8, 4) is 0 Å². The van der Waals surface area contributed by atoms with Crippen LogP contribution in [0.4, 0.5) is 0 Å². The largest absolute Gasteiger partial charge is 0.381 e. The van der Waals surface area contributed by atoms with Crippen LogP contribution in [0.2, 0.25) is 0 Å². The van der Waals surface area contributed by atoms with Gasteiger partial charge in [-0.1, -0.05) is 0 Å². The van der Waals surface area contributed by atoms with Gasteiger partial charge in [-0.15, -0.1) is 12.4 Å². The van der Waals surface area contributed by atoms with Gasteiger partial charge in [0.05, 0.1) is 6.04 Å². The van der Waals surface area contributed by atoms with E-state index in [1.807, 2.05) is 4.90 Å². The molecule has 2 aliphatic rings. The minimum absolute atomic E-state index is 0. The summed E-state index contributed by atoms with van der Waals surface area (Å²) >= 11 is 0. The quantitative estimate of drug-likeness (QED) is 0.809. The molecule has 0 saturated carbocycles. The summed E-state index contributed by atoms with van der Waals surface area (Å²) in [6.07, 6.45) is 3.46. The normalized spacial score (nSPS) is 27.6. The first kappa shape index (κ1) is 14.7. The maximum Gasteiger partial charge on any atom is 0.239 e. The van der Waals surface area contributed by atoms with E-state index in [1.54, 1.807) is 6.92 Å². The summed E-state index contributed by atoms with van der Waals surface area (Å²) < 4.78 is 5.37. The predicted molar refractivity (Wildman–Crippen MR) is 69.1 cm³/mol. The van der Waals surface area contributed by atoms with Gasteiger partial charge < -0.3 is 15.4 Å². The Bertz CT molecular complexity index is 255. The van der Waals surface area contributed by atoms with Crippen molar-refractivity contribution >= 4 is 18.3 Å². The summed E-state index contributed by atoms with van der Waals surface area (Å²) in [5.41, 5.74) is 5.63. The van der Waals surface area contributed by atoms with E-state index >= 15 is 0 Å². The fraction of sp³-hybridized carbons (Fsp3) is 0.917. The maximum atomic E-state index is 11.7. The van der Waals surface area contributed by atoms with Crippen molar-refractivity contribution in [1.29, 1.82) is 0 Å². The van der Waals surface area contributed by atoms with Crippen LogP contribution >= 0.6 is 12.4 Å². The lowest BCUT2D eigenvalue weighted by atomic mass is 9.85. The fourth-order valence-electron chi connectivity index (χ4n) is 2.85. The van der Waals surface area contributed by atoms with Crippen LogP contribution in [0.3, 0.4) is 0 Å². The number of hydrogen-bond acceptors (Lipinski definition) is 3. The number of nitrogens with zero attached hydrogens (tertiary/aromatic N) is 1. The van der Waals surface area contributed by atoms with E-state index in [9.17, 15) is 4.79 Å². The van der Waals surface area contributed by atoms with Crippen LogP contribution < -0.4 is 5.73 Å². The Morgan fingerprint density at radius 3 is 2.53 bits per heavy atom. The summed E-state index contributed by atoms with van der Waals surface area (Å²) in [5, 5.41) is 0. The molecule has 2 heterocycles. The van der Waals surface area contributed by atoms with Crippen LogP contribution in [0.15, 0.2) is 0 Å². The Morgan fingerprint density at radius 2 is 1.94 bits per heavy atom. The summed E-state index contributed by atoms with van der Waals surface area (Å²) in [7, 11) is 0. The number of carbonyl (C=O) groups excluding carboxylic acids is 1. The molecule has 2 N–H and O–H groups in total. The zero-order chi connectivity index (χ0) is 11.5. The maximum absolute atomic E-state index is 11.7. The number of amides is 1. The second-order valence-corrected chi connectivity index (χ2v) is 5.07. The van der Waals surface area contributed by atoms with Crippen molar-refractivity contribution in [3.63, 3.8) is 0 Å². The van der Waals surface area contributed by atoms with Gasteiger partial charge in [0.1, 0.15) is 0 Å². The summed E-state index contributed by atoms with van der Waals surface area (Å²) in [4.78, 5) is 13.7. The van der Waals surface area contributed by atoms with Crippen molar-refractivity contribution in [1.82, 2.24) is 4.90 Å². The Balaban J connectivity index is 0.00000144. The van der Waals surface area contributed by atoms with Crippen molar-refractivity contribution in [2.45, 2.75) is 32.2 Å². The highest BCUT2D eigenvalue weighted by molar-refractivity contribution is 5.85. The monoisotopic (exact) mass is 262 g/mol. The second kappa shape index (κ2) is 6.57.